The van der Waals surface area contributed by atoms with Crippen LogP contribution in [0.5, 0.6) is 0 Å². The van der Waals surface area contributed by atoms with Gasteiger partial charge in [0, 0.05) is 0 Å². The Morgan fingerprint density at radius 2 is 2.07 bits per heavy atom. The van der Waals surface area contributed by atoms with Gasteiger partial charge in [-0.2, -0.15) is 0 Å². The summed E-state index contributed by atoms with van der Waals surface area (Å²) in [4.78, 5) is 11.7. The van der Waals surface area contributed by atoms with Crippen molar-refractivity contribution in [1.82, 2.24) is 0 Å². The highest BCUT2D eigenvalue weighted by molar-refractivity contribution is 14.1. The third-order valence-electron chi connectivity index (χ3n) is 3.10. The first-order valence-corrected chi connectivity index (χ1v) is 6.56. The van der Waals surface area contributed by atoms with Crippen LogP contribution in [-0.4, -0.2) is 26.7 Å². The number of ether oxygens (including phenoxy) is 1. The molecule has 0 radical (unpaired) electrons. The summed E-state index contributed by atoms with van der Waals surface area (Å²) in [7, 11) is 0. The molecule has 0 spiro atoms. The minimum absolute atomic E-state index is 0.157. The third kappa shape index (κ3) is 3.59. The Bertz CT molecular complexity index is 232. The van der Waals surface area contributed by atoms with Crippen molar-refractivity contribution in [3.8, 4) is 0 Å². The average molecular weight is 326 g/mol. The van der Waals surface area contributed by atoms with Gasteiger partial charge in [0.1, 0.15) is 10.0 Å². The summed E-state index contributed by atoms with van der Waals surface area (Å²) >= 11 is 2.10. The lowest BCUT2D eigenvalue weighted by molar-refractivity contribution is -0.153. The Kier molecular flexibility index (Phi) is 4.40. The van der Waals surface area contributed by atoms with Crippen LogP contribution < -0.4 is 0 Å². The highest BCUT2D eigenvalue weighted by Crippen LogP contribution is 2.31. The fourth-order valence-electron chi connectivity index (χ4n) is 1.67. The average Bonchev–Trinajstić information content (AvgIpc) is 2.62. The van der Waals surface area contributed by atoms with Crippen LogP contribution in [0.4, 0.5) is 0 Å². The minimum atomic E-state index is -0.754. The first-order valence-electron chi connectivity index (χ1n) is 5.48. The second-order valence-electron chi connectivity index (χ2n) is 4.56. The van der Waals surface area contributed by atoms with Crippen molar-refractivity contribution >= 4 is 28.6 Å². The van der Waals surface area contributed by atoms with E-state index in [2.05, 4.69) is 22.6 Å². The molecule has 0 aromatic rings. The summed E-state index contributed by atoms with van der Waals surface area (Å²) in [6.45, 7) is 3.97. The van der Waals surface area contributed by atoms with E-state index >= 15 is 0 Å². The molecule has 0 heterocycles. The van der Waals surface area contributed by atoms with Gasteiger partial charge in [0.05, 0.1) is 5.60 Å². The van der Waals surface area contributed by atoms with Crippen molar-refractivity contribution in [2.75, 3.05) is 6.61 Å². The molecule has 15 heavy (non-hydrogen) atoms. The van der Waals surface area contributed by atoms with Crippen molar-refractivity contribution in [3.05, 3.63) is 0 Å². The molecule has 0 aliphatic heterocycles. The van der Waals surface area contributed by atoms with Gasteiger partial charge < -0.3 is 9.84 Å². The molecule has 1 saturated carbocycles. The zero-order valence-electron chi connectivity index (χ0n) is 9.38. The van der Waals surface area contributed by atoms with E-state index in [9.17, 15) is 9.90 Å². The Balaban J connectivity index is 2.40. The number of rotatable bonds is 4. The quantitative estimate of drug-likeness (QED) is 0.490. The molecule has 1 fully saturated rings. The maximum Gasteiger partial charge on any atom is 0.321 e. The smallest absolute Gasteiger partial charge is 0.321 e. The van der Waals surface area contributed by atoms with Crippen molar-refractivity contribution < 1.29 is 14.6 Å². The first kappa shape index (κ1) is 13.2. The molecule has 0 aromatic carbocycles. The lowest BCUT2D eigenvalue weighted by Crippen LogP contribution is -2.37. The molecular weight excluding hydrogens is 307 g/mol. The van der Waals surface area contributed by atoms with Crippen LogP contribution in [0.25, 0.3) is 0 Å². The van der Waals surface area contributed by atoms with Crippen LogP contribution in [0.15, 0.2) is 0 Å². The minimum Gasteiger partial charge on any atom is -0.462 e. The number of hydrogen-bond acceptors (Lipinski definition) is 3. The van der Waals surface area contributed by atoms with E-state index in [4.69, 9.17) is 4.74 Å². The van der Waals surface area contributed by atoms with Gasteiger partial charge >= 0.3 is 5.97 Å². The van der Waals surface area contributed by atoms with E-state index in [0.717, 1.165) is 32.1 Å². The van der Waals surface area contributed by atoms with Crippen molar-refractivity contribution in [1.29, 1.82) is 0 Å². The number of halogens is 1. The molecule has 0 saturated heterocycles. The lowest BCUT2D eigenvalue weighted by Gasteiger charge is -2.25. The molecule has 4 heteroatoms. The maximum atomic E-state index is 11.7. The summed E-state index contributed by atoms with van der Waals surface area (Å²) in [5.41, 5.74) is -0.754. The topological polar surface area (TPSA) is 46.5 Å². The molecule has 88 valence electrons. The van der Waals surface area contributed by atoms with E-state index in [1.54, 1.807) is 0 Å². The van der Waals surface area contributed by atoms with Gasteiger partial charge in [-0.3, -0.25) is 4.79 Å². The number of carbonyl (C=O) groups excluding carboxylic acids is 1. The summed E-state index contributed by atoms with van der Waals surface area (Å²) < 4.78 is 4.72. The van der Waals surface area contributed by atoms with Gasteiger partial charge in [0.15, 0.2) is 0 Å². The van der Waals surface area contributed by atoms with Crippen molar-refractivity contribution in [2.45, 2.75) is 55.0 Å². The molecule has 1 atom stereocenters. The maximum absolute atomic E-state index is 11.7. The predicted molar refractivity (Wildman–Crippen MR) is 67.1 cm³/mol. The SMILES string of the molecule is CCC(C)(I)C(=O)OCC1(O)CCCC1. The van der Waals surface area contributed by atoms with Crippen molar-refractivity contribution in [2.24, 2.45) is 0 Å². The van der Waals surface area contributed by atoms with Crippen LogP contribution >= 0.6 is 22.6 Å². The summed E-state index contributed by atoms with van der Waals surface area (Å²) in [5, 5.41) is 10.00. The molecule has 3 nitrogen and oxygen atoms in total. The van der Waals surface area contributed by atoms with Gasteiger partial charge in [-0.25, -0.2) is 0 Å². The fraction of sp³-hybridized carbons (Fsp3) is 0.909. The fourth-order valence-corrected chi connectivity index (χ4v) is 1.83. The number of hydrogen-bond donors (Lipinski definition) is 1. The van der Waals surface area contributed by atoms with Gasteiger partial charge in [0.2, 0.25) is 0 Å². The van der Waals surface area contributed by atoms with Gasteiger partial charge in [-0.15, -0.1) is 0 Å². The monoisotopic (exact) mass is 326 g/mol. The number of carbonyl (C=O) groups is 1. The predicted octanol–water partition coefficient (Wildman–Crippen LogP) is 2.44. The normalized spacial score (nSPS) is 23.5. The number of esters is 1. The van der Waals surface area contributed by atoms with E-state index in [-0.39, 0.29) is 12.6 Å². The summed E-state index contributed by atoms with van der Waals surface area (Å²) in [6.07, 6.45) is 4.31. The number of alkyl halides is 1. The summed E-state index contributed by atoms with van der Waals surface area (Å²) in [5.74, 6) is -0.217. The standard InChI is InChI=1S/C11H19IO3/c1-3-10(2,12)9(13)15-8-11(14)6-4-5-7-11/h14H,3-8H2,1-2H3. The first-order chi connectivity index (χ1) is 6.90. The molecule has 0 bridgehead atoms. The van der Waals surface area contributed by atoms with Crippen LogP contribution in [0, 0.1) is 0 Å². The summed E-state index contributed by atoms with van der Waals surface area (Å²) in [6, 6.07) is 0. The molecule has 1 aliphatic rings. The number of aliphatic hydroxyl groups is 1. The van der Waals surface area contributed by atoms with E-state index in [1.807, 2.05) is 13.8 Å². The van der Waals surface area contributed by atoms with Crippen LogP contribution in [-0.2, 0) is 9.53 Å². The Labute approximate surface area is 105 Å². The zero-order chi connectivity index (χ0) is 11.5. The highest BCUT2D eigenvalue weighted by atomic mass is 127. The lowest BCUT2D eigenvalue weighted by atomic mass is 10.0. The Morgan fingerprint density at radius 3 is 2.53 bits per heavy atom. The Morgan fingerprint density at radius 1 is 1.53 bits per heavy atom. The molecule has 1 N–H and O–H groups in total. The van der Waals surface area contributed by atoms with Crippen LogP contribution in [0.1, 0.15) is 46.0 Å². The second-order valence-corrected chi connectivity index (χ2v) is 6.94. The van der Waals surface area contributed by atoms with E-state index in [0.29, 0.717) is 0 Å². The van der Waals surface area contributed by atoms with Crippen molar-refractivity contribution in [3.63, 3.8) is 0 Å². The van der Waals surface area contributed by atoms with Gasteiger partial charge in [0.25, 0.3) is 0 Å². The largest absolute Gasteiger partial charge is 0.462 e. The van der Waals surface area contributed by atoms with E-state index < -0.39 is 9.02 Å². The molecule has 0 amide bonds. The van der Waals surface area contributed by atoms with E-state index in [1.165, 1.54) is 0 Å². The molecular formula is C11H19IO3. The van der Waals surface area contributed by atoms with Gasteiger partial charge in [-0.05, 0) is 26.2 Å². The van der Waals surface area contributed by atoms with Crippen LogP contribution in [0.3, 0.4) is 0 Å². The molecule has 1 unspecified atom stereocenters. The van der Waals surface area contributed by atoms with Gasteiger partial charge in [-0.1, -0.05) is 42.4 Å². The van der Waals surface area contributed by atoms with Crippen LogP contribution in [0.2, 0.25) is 0 Å². The molecule has 1 rings (SSSR count). The third-order valence-corrected chi connectivity index (χ3v) is 4.30. The second kappa shape index (κ2) is 4.99. The molecule has 1 aliphatic carbocycles. The highest BCUT2D eigenvalue weighted by Gasteiger charge is 2.35. The zero-order valence-corrected chi connectivity index (χ0v) is 11.5. The molecule has 0 aromatic heterocycles. The Hall–Kier alpha value is 0.160.